The molecule has 0 fully saturated rings. The van der Waals surface area contributed by atoms with E-state index in [0.717, 1.165) is 87.9 Å². The van der Waals surface area contributed by atoms with Gasteiger partial charge in [-0.25, -0.2) is 0 Å². The van der Waals surface area contributed by atoms with Crippen LogP contribution < -0.4 is 18.9 Å². The number of fused-ring (bicyclic) bond motifs is 8. The molecule has 8 bridgehead atoms. The highest BCUT2D eigenvalue weighted by Gasteiger charge is 2.31. The van der Waals surface area contributed by atoms with Crippen LogP contribution in [0, 0.1) is 0 Å². The average molecular weight is 763 g/mol. The van der Waals surface area contributed by atoms with Gasteiger partial charge >= 0.3 is 0 Å². The molecule has 4 aromatic carbocycles. The van der Waals surface area contributed by atoms with Crippen LogP contribution in [0.4, 0.5) is 0 Å². The highest BCUT2D eigenvalue weighted by Crippen LogP contribution is 2.46. The van der Waals surface area contributed by atoms with Crippen molar-refractivity contribution >= 4 is 0 Å². The molecule has 56 heavy (non-hydrogen) atoms. The smallest absolute Gasteiger partial charge is 0.126 e. The molecule has 0 atom stereocenters. The van der Waals surface area contributed by atoms with Crippen molar-refractivity contribution < 1.29 is 18.9 Å². The van der Waals surface area contributed by atoms with Crippen molar-refractivity contribution in [2.45, 2.75) is 106 Å². The maximum Gasteiger partial charge on any atom is 0.126 e. The standard InChI is InChI=1S/C50H70N2O4/c1-9-29-53-47-37-21-17-25-41(47)45(35-51(13-5)14-6)42-26-19-23-39(49(42)55-31-11-3)34-40-24-20-28-44(50(40)56-32-12-4)46(36-52(15-7)16-8)43-27-18-22-38(33-37)48(43)54-30-10-2/h17-28,45-46H,9-16,29-36H2,1-8H3. The lowest BCUT2D eigenvalue weighted by Gasteiger charge is -2.32. The van der Waals surface area contributed by atoms with Crippen LogP contribution in [-0.2, 0) is 12.8 Å². The fraction of sp³-hybridized carbons (Fsp3) is 0.520. The molecule has 0 aliphatic heterocycles. The van der Waals surface area contributed by atoms with Gasteiger partial charge in [0, 0.05) is 60.0 Å². The van der Waals surface area contributed by atoms with Gasteiger partial charge in [0.25, 0.3) is 0 Å². The molecule has 0 saturated carbocycles. The average Bonchev–Trinajstić information content (AvgIpc) is 3.22. The van der Waals surface area contributed by atoms with Gasteiger partial charge in [0.2, 0.25) is 0 Å². The summed E-state index contributed by atoms with van der Waals surface area (Å²) in [5.41, 5.74) is 9.62. The number of likely N-dealkylation sites (N-methyl/N-ethyl adjacent to an activating group) is 2. The fourth-order valence-corrected chi connectivity index (χ4v) is 8.21. The first-order valence-electron chi connectivity index (χ1n) is 21.9. The molecule has 304 valence electrons. The molecule has 0 amide bonds. The lowest BCUT2D eigenvalue weighted by molar-refractivity contribution is 0.274. The summed E-state index contributed by atoms with van der Waals surface area (Å²) in [4.78, 5) is 5.07. The lowest BCUT2D eigenvalue weighted by Crippen LogP contribution is -2.30. The van der Waals surface area contributed by atoms with E-state index < -0.39 is 0 Å². The van der Waals surface area contributed by atoms with Gasteiger partial charge in [-0.05, 0) is 74.1 Å². The number of rotatable bonds is 20. The molecular formula is C50H70N2O4. The summed E-state index contributed by atoms with van der Waals surface area (Å²) in [5.74, 6) is 4.05. The highest BCUT2D eigenvalue weighted by molar-refractivity contribution is 5.59. The van der Waals surface area contributed by atoms with Crippen molar-refractivity contribution in [3.8, 4) is 23.0 Å². The lowest BCUT2D eigenvalue weighted by atomic mass is 9.83. The molecule has 0 spiro atoms. The second-order valence-electron chi connectivity index (χ2n) is 15.2. The maximum atomic E-state index is 6.89. The molecule has 0 unspecified atom stereocenters. The molecular weight excluding hydrogens is 693 g/mol. The second-order valence-corrected chi connectivity index (χ2v) is 15.2. The number of ether oxygens (including phenoxy) is 4. The third-order valence-electron chi connectivity index (χ3n) is 11.2. The van der Waals surface area contributed by atoms with Crippen molar-refractivity contribution in [1.82, 2.24) is 9.80 Å². The minimum absolute atomic E-state index is 0.0316. The van der Waals surface area contributed by atoms with Gasteiger partial charge in [-0.1, -0.05) is 128 Å². The summed E-state index contributed by atoms with van der Waals surface area (Å²) in [5, 5.41) is 0. The fourth-order valence-electron chi connectivity index (χ4n) is 8.21. The SMILES string of the molecule is CCCOc1c2cccc1C(CN(CC)CC)c1cccc(c1OCCC)Cc1cccc(c1OCCC)C(CN(CC)CC)c1cccc(c1OCCC)C2. The van der Waals surface area contributed by atoms with Gasteiger partial charge < -0.3 is 28.7 Å². The van der Waals surface area contributed by atoms with Gasteiger partial charge in [-0.15, -0.1) is 0 Å². The van der Waals surface area contributed by atoms with Gasteiger partial charge in [-0.2, -0.15) is 0 Å². The second kappa shape index (κ2) is 22.1. The predicted octanol–water partition coefficient (Wildman–Crippen LogP) is 11.3. The molecule has 0 aromatic heterocycles. The van der Waals surface area contributed by atoms with Crippen LogP contribution in [0.5, 0.6) is 23.0 Å². The Bertz CT molecular complexity index is 1550. The van der Waals surface area contributed by atoms with Crippen LogP contribution in [0.2, 0.25) is 0 Å². The van der Waals surface area contributed by atoms with Gasteiger partial charge in [-0.3, -0.25) is 0 Å². The Kier molecular flexibility index (Phi) is 17.0. The van der Waals surface area contributed by atoms with E-state index in [1.54, 1.807) is 0 Å². The normalized spacial score (nSPS) is 15.2. The molecule has 0 saturated heterocycles. The zero-order valence-electron chi connectivity index (χ0n) is 35.9. The Hall–Kier alpha value is -4.00. The molecule has 4 aromatic rings. The van der Waals surface area contributed by atoms with Crippen LogP contribution in [-0.4, -0.2) is 75.5 Å². The number of nitrogens with zero attached hydrogens (tertiary/aromatic N) is 2. The first kappa shape index (κ1) is 43.1. The third kappa shape index (κ3) is 10.3. The maximum absolute atomic E-state index is 6.89. The van der Waals surface area contributed by atoms with E-state index in [9.17, 15) is 0 Å². The summed E-state index contributed by atoms with van der Waals surface area (Å²) < 4.78 is 27.6. The van der Waals surface area contributed by atoms with Gasteiger partial charge in [0.05, 0.1) is 26.4 Å². The molecule has 1 aliphatic rings. The Morgan fingerprint density at radius 2 is 0.643 bits per heavy atom. The first-order chi connectivity index (χ1) is 27.5. The summed E-state index contributed by atoms with van der Waals surface area (Å²) >= 11 is 0. The van der Waals surface area contributed by atoms with E-state index in [0.29, 0.717) is 39.3 Å². The van der Waals surface area contributed by atoms with E-state index >= 15 is 0 Å². The molecule has 0 radical (unpaired) electrons. The van der Waals surface area contributed by atoms with E-state index in [-0.39, 0.29) is 11.8 Å². The number of hydrogen-bond acceptors (Lipinski definition) is 6. The van der Waals surface area contributed by atoms with E-state index in [2.05, 4.69) is 138 Å². The largest absolute Gasteiger partial charge is 0.493 e. The molecule has 0 heterocycles. The quantitative estimate of drug-likeness (QED) is 0.0893. The number of hydrogen-bond donors (Lipinski definition) is 0. The number of para-hydroxylation sites is 4. The molecule has 6 heteroatoms. The highest BCUT2D eigenvalue weighted by atomic mass is 16.5. The monoisotopic (exact) mass is 763 g/mol. The van der Waals surface area contributed by atoms with E-state index in [4.69, 9.17) is 18.9 Å². The van der Waals surface area contributed by atoms with Crippen LogP contribution in [0.15, 0.2) is 72.8 Å². The van der Waals surface area contributed by atoms with Crippen LogP contribution in [0.25, 0.3) is 0 Å². The Morgan fingerprint density at radius 3 is 0.857 bits per heavy atom. The van der Waals surface area contributed by atoms with Gasteiger partial charge in [0.15, 0.2) is 0 Å². The topological polar surface area (TPSA) is 43.4 Å². The Labute approximate surface area is 339 Å². The van der Waals surface area contributed by atoms with Crippen LogP contribution in [0.3, 0.4) is 0 Å². The van der Waals surface area contributed by atoms with Gasteiger partial charge in [0.1, 0.15) is 23.0 Å². The molecule has 0 N–H and O–H groups in total. The van der Waals surface area contributed by atoms with Crippen molar-refractivity contribution in [2.75, 3.05) is 65.7 Å². The van der Waals surface area contributed by atoms with Crippen molar-refractivity contribution in [1.29, 1.82) is 0 Å². The Balaban J connectivity index is 1.91. The predicted molar refractivity (Wildman–Crippen MR) is 234 cm³/mol. The summed E-state index contributed by atoms with van der Waals surface area (Å²) in [6, 6.07) is 27.2. The van der Waals surface area contributed by atoms with Crippen LogP contribution >= 0.6 is 0 Å². The summed E-state index contributed by atoms with van der Waals surface area (Å²) in [6.45, 7) is 26.0. The van der Waals surface area contributed by atoms with Crippen molar-refractivity contribution in [3.05, 3.63) is 117 Å². The summed E-state index contributed by atoms with van der Waals surface area (Å²) in [6.07, 6.45) is 5.14. The van der Waals surface area contributed by atoms with E-state index in [1.807, 2.05) is 0 Å². The van der Waals surface area contributed by atoms with E-state index in [1.165, 1.54) is 44.5 Å². The number of benzene rings is 4. The van der Waals surface area contributed by atoms with Crippen LogP contribution in [0.1, 0.15) is 137 Å². The summed E-state index contributed by atoms with van der Waals surface area (Å²) in [7, 11) is 0. The zero-order valence-corrected chi connectivity index (χ0v) is 35.9. The molecule has 6 nitrogen and oxygen atoms in total. The zero-order chi connectivity index (χ0) is 39.9. The third-order valence-corrected chi connectivity index (χ3v) is 11.2. The minimum atomic E-state index is 0.0316. The molecule has 1 aliphatic carbocycles. The molecule has 5 rings (SSSR count). The Morgan fingerprint density at radius 1 is 0.393 bits per heavy atom. The first-order valence-corrected chi connectivity index (χ1v) is 21.9. The van der Waals surface area contributed by atoms with Crippen molar-refractivity contribution in [2.24, 2.45) is 0 Å². The van der Waals surface area contributed by atoms with Crippen molar-refractivity contribution in [3.63, 3.8) is 0 Å². The minimum Gasteiger partial charge on any atom is -0.493 e.